The summed E-state index contributed by atoms with van der Waals surface area (Å²) < 4.78 is 6.80. The normalized spacial score (nSPS) is 12.8. The predicted octanol–water partition coefficient (Wildman–Crippen LogP) is 5.42. The van der Waals surface area contributed by atoms with Gasteiger partial charge in [-0.15, -0.1) is 11.6 Å². The molecule has 0 saturated carbocycles. The Kier molecular flexibility index (Phi) is 3.81. The van der Waals surface area contributed by atoms with E-state index in [0.29, 0.717) is 12.3 Å². The van der Waals surface area contributed by atoms with Gasteiger partial charge in [-0.2, -0.15) is 0 Å². The van der Waals surface area contributed by atoms with Gasteiger partial charge in [0.15, 0.2) is 11.5 Å². The van der Waals surface area contributed by atoms with E-state index in [0.717, 1.165) is 21.1 Å². The summed E-state index contributed by atoms with van der Waals surface area (Å²) in [5, 5.41) is -0.144. The number of rotatable bonds is 3. The highest BCUT2D eigenvalue weighted by molar-refractivity contribution is 9.10. The summed E-state index contributed by atoms with van der Waals surface area (Å²) in [6.45, 7) is 2.05. The molecule has 0 fully saturated rings. The van der Waals surface area contributed by atoms with Gasteiger partial charge in [-0.05, 0) is 36.2 Å². The summed E-state index contributed by atoms with van der Waals surface area (Å²) in [7, 11) is 0. The van der Waals surface area contributed by atoms with E-state index in [4.69, 9.17) is 16.0 Å². The highest BCUT2D eigenvalue weighted by atomic mass is 79.9. The van der Waals surface area contributed by atoms with Crippen molar-refractivity contribution in [3.8, 4) is 0 Å². The number of oxazole rings is 1. The van der Waals surface area contributed by atoms with Crippen molar-refractivity contribution in [2.24, 2.45) is 0 Å². The summed E-state index contributed by atoms with van der Waals surface area (Å²) >= 11 is 9.97. The molecule has 2 aromatic carbocycles. The number of hydrogen-bond acceptors (Lipinski definition) is 2. The zero-order valence-corrected chi connectivity index (χ0v) is 13.3. The second kappa shape index (κ2) is 5.58. The van der Waals surface area contributed by atoms with E-state index in [2.05, 4.69) is 33.9 Å². The molecule has 0 aliphatic carbocycles. The van der Waals surface area contributed by atoms with Crippen LogP contribution in [0.1, 0.15) is 22.4 Å². The molecule has 0 N–H and O–H groups in total. The third kappa shape index (κ3) is 2.74. The van der Waals surface area contributed by atoms with Crippen LogP contribution < -0.4 is 0 Å². The van der Waals surface area contributed by atoms with Gasteiger partial charge in [0.2, 0.25) is 0 Å². The molecular formula is C16H13BrClNO. The quantitative estimate of drug-likeness (QED) is 0.589. The van der Waals surface area contributed by atoms with Crippen LogP contribution in [0.25, 0.3) is 11.1 Å². The molecule has 20 heavy (non-hydrogen) atoms. The summed E-state index contributed by atoms with van der Waals surface area (Å²) in [4.78, 5) is 4.46. The van der Waals surface area contributed by atoms with Crippen LogP contribution in [0.5, 0.6) is 0 Å². The van der Waals surface area contributed by atoms with Crippen LogP contribution in [-0.4, -0.2) is 4.98 Å². The van der Waals surface area contributed by atoms with E-state index < -0.39 is 0 Å². The molecular weight excluding hydrogens is 338 g/mol. The van der Waals surface area contributed by atoms with Crippen molar-refractivity contribution in [1.82, 2.24) is 4.98 Å². The Labute approximate surface area is 130 Å². The first-order valence-corrected chi connectivity index (χ1v) is 7.61. The number of nitrogens with zero attached hydrogens (tertiary/aromatic N) is 1. The molecule has 2 nitrogen and oxygen atoms in total. The van der Waals surface area contributed by atoms with Crippen molar-refractivity contribution in [3.05, 3.63) is 64.0 Å². The molecule has 1 unspecified atom stereocenters. The zero-order valence-electron chi connectivity index (χ0n) is 10.9. The van der Waals surface area contributed by atoms with Crippen LogP contribution in [0.15, 0.2) is 51.4 Å². The minimum Gasteiger partial charge on any atom is -0.441 e. The second-order valence-corrected chi connectivity index (χ2v) is 6.14. The average molecular weight is 351 g/mol. The molecule has 1 heterocycles. The zero-order chi connectivity index (χ0) is 14.1. The van der Waals surface area contributed by atoms with Gasteiger partial charge in [-0.25, -0.2) is 4.98 Å². The number of halogens is 2. The molecule has 3 aromatic rings. The third-order valence-electron chi connectivity index (χ3n) is 3.24. The van der Waals surface area contributed by atoms with Crippen LogP contribution in [0.3, 0.4) is 0 Å². The Balaban J connectivity index is 1.84. The fourth-order valence-corrected chi connectivity index (χ4v) is 2.66. The van der Waals surface area contributed by atoms with E-state index in [9.17, 15) is 0 Å². The maximum absolute atomic E-state index is 6.48. The first-order valence-electron chi connectivity index (χ1n) is 6.38. The number of aryl methyl sites for hydroxylation is 1. The molecule has 1 atom stereocenters. The minimum atomic E-state index is -0.144. The lowest BCUT2D eigenvalue weighted by Gasteiger charge is -2.09. The molecule has 1 aromatic heterocycles. The van der Waals surface area contributed by atoms with E-state index in [1.165, 1.54) is 5.56 Å². The molecule has 0 bridgehead atoms. The molecule has 0 radical (unpaired) electrons. The molecule has 0 spiro atoms. The number of aromatic nitrogens is 1. The van der Waals surface area contributed by atoms with Crippen molar-refractivity contribution in [3.63, 3.8) is 0 Å². The third-order valence-corrected chi connectivity index (χ3v) is 4.53. The van der Waals surface area contributed by atoms with Crippen molar-refractivity contribution >= 4 is 38.6 Å². The van der Waals surface area contributed by atoms with Gasteiger partial charge in [0.1, 0.15) is 5.52 Å². The molecule has 0 aliphatic heterocycles. The van der Waals surface area contributed by atoms with E-state index in [-0.39, 0.29) is 5.38 Å². The van der Waals surface area contributed by atoms with Crippen molar-refractivity contribution in [2.75, 3.05) is 0 Å². The van der Waals surface area contributed by atoms with Gasteiger partial charge in [-0.1, -0.05) is 40.2 Å². The number of alkyl halides is 1. The van der Waals surface area contributed by atoms with Gasteiger partial charge in [0, 0.05) is 10.9 Å². The van der Waals surface area contributed by atoms with Crippen LogP contribution in [0, 0.1) is 6.92 Å². The van der Waals surface area contributed by atoms with Crippen molar-refractivity contribution in [1.29, 1.82) is 0 Å². The molecule has 0 saturated heterocycles. The Morgan fingerprint density at radius 1 is 1.25 bits per heavy atom. The van der Waals surface area contributed by atoms with Gasteiger partial charge in [-0.3, -0.25) is 0 Å². The lowest BCUT2D eigenvalue weighted by Crippen LogP contribution is -1.96. The molecule has 4 heteroatoms. The highest BCUT2D eigenvalue weighted by Crippen LogP contribution is 2.29. The summed E-state index contributed by atoms with van der Waals surface area (Å²) in [6.07, 6.45) is 0.581. The number of fused-ring (bicyclic) bond motifs is 1. The Morgan fingerprint density at radius 2 is 2.05 bits per heavy atom. The molecule has 102 valence electrons. The van der Waals surface area contributed by atoms with E-state index in [1.54, 1.807) is 0 Å². The summed E-state index contributed by atoms with van der Waals surface area (Å²) in [5.74, 6) is 0.673. The van der Waals surface area contributed by atoms with Gasteiger partial charge < -0.3 is 4.42 Å². The molecule has 0 amide bonds. The van der Waals surface area contributed by atoms with Crippen LogP contribution in [-0.2, 0) is 6.42 Å². The standard InChI is InChI=1S/C16H13BrClNO/c1-10-8-11(6-7-12(10)17)13(18)9-16-19-14-4-2-3-5-15(14)20-16/h2-8,13H,9H2,1H3. The lowest BCUT2D eigenvalue weighted by atomic mass is 10.1. The Hall–Kier alpha value is -1.32. The first kappa shape index (κ1) is 13.7. The lowest BCUT2D eigenvalue weighted by molar-refractivity contribution is 0.525. The predicted molar refractivity (Wildman–Crippen MR) is 85.2 cm³/mol. The van der Waals surface area contributed by atoms with Gasteiger partial charge in [0.05, 0.1) is 5.38 Å². The van der Waals surface area contributed by atoms with Crippen LogP contribution >= 0.6 is 27.5 Å². The average Bonchev–Trinajstić information content (AvgIpc) is 2.83. The van der Waals surface area contributed by atoms with Crippen molar-refractivity contribution in [2.45, 2.75) is 18.7 Å². The first-order chi connectivity index (χ1) is 9.63. The number of para-hydroxylation sites is 2. The van der Waals surface area contributed by atoms with Gasteiger partial charge in [0.25, 0.3) is 0 Å². The minimum absolute atomic E-state index is 0.144. The monoisotopic (exact) mass is 349 g/mol. The van der Waals surface area contributed by atoms with E-state index >= 15 is 0 Å². The van der Waals surface area contributed by atoms with E-state index in [1.807, 2.05) is 36.4 Å². The summed E-state index contributed by atoms with van der Waals surface area (Å²) in [5.41, 5.74) is 3.93. The largest absolute Gasteiger partial charge is 0.441 e. The van der Waals surface area contributed by atoms with Crippen LogP contribution in [0.2, 0.25) is 0 Å². The topological polar surface area (TPSA) is 26.0 Å². The van der Waals surface area contributed by atoms with Crippen LogP contribution in [0.4, 0.5) is 0 Å². The molecule has 0 aliphatic rings. The fourth-order valence-electron chi connectivity index (χ4n) is 2.14. The highest BCUT2D eigenvalue weighted by Gasteiger charge is 2.14. The van der Waals surface area contributed by atoms with Crippen molar-refractivity contribution < 1.29 is 4.42 Å². The smallest absolute Gasteiger partial charge is 0.197 e. The molecule has 3 rings (SSSR count). The Bertz CT molecular complexity index is 720. The number of benzene rings is 2. The maximum Gasteiger partial charge on any atom is 0.197 e. The van der Waals surface area contributed by atoms with Gasteiger partial charge >= 0.3 is 0 Å². The summed E-state index contributed by atoms with van der Waals surface area (Å²) in [6, 6.07) is 13.9. The second-order valence-electron chi connectivity index (χ2n) is 4.76. The fraction of sp³-hybridized carbons (Fsp3) is 0.188. The maximum atomic E-state index is 6.48. The number of hydrogen-bond donors (Lipinski definition) is 0. The Morgan fingerprint density at radius 3 is 2.80 bits per heavy atom. The SMILES string of the molecule is Cc1cc(C(Cl)Cc2nc3ccccc3o2)ccc1Br.